The average Bonchev–Trinajstić information content (AvgIpc) is 3.14. The smallest absolute Gasteiger partial charge is 0.264 e. The summed E-state index contributed by atoms with van der Waals surface area (Å²) < 4.78 is 7.91. The molecule has 1 amide bonds. The van der Waals surface area contributed by atoms with E-state index in [2.05, 4.69) is 5.10 Å². The van der Waals surface area contributed by atoms with Gasteiger partial charge in [0.2, 0.25) is 0 Å². The first-order valence-corrected chi connectivity index (χ1v) is 9.46. The molecule has 24 heavy (non-hydrogen) atoms. The molecule has 0 spiro atoms. The summed E-state index contributed by atoms with van der Waals surface area (Å²) in [5.74, 6) is 1.63. The van der Waals surface area contributed by atoms with Crippen LogP contribution in [0.4, 0.5) is 0 Å². The Morgan fingerprint density at radius 1 is 1.29 bits per heavy atom. The third-order valence-electron chi connectivity index (χ3n) is 4.65. The largest absolute Gasteiger partial charge is 0.479 e. The van der Waals surface area contributed by atoms with Gasteiger partial charge in [-0.2, -0.15) is 5.10 Å². The Hall–Kier alpha value is -1.95. The molecule has 2 atom stereocenters. The van der Waals surface area contributed by atoms with E-state index in [0.29, 0.717) is 5.75 Å². The number of piperidine rings is 1. The first-order chi connectivity index (χ1) is 11.8. The molecule has 1 saturated heterocycles. The highest BCUT2D eigenvalue weighted by Gasteiger charge is 2.35. The summed E-state index contributed by atoms with van der Waals surface area (Å²) in [7, 11) is 0. The predicted molar refractivity (Wildman–Crippen MR) is 93.2 cm³/mol. The lowest BCUT2D eigenvalue weighted by Crippen LogP contribution is -2.52. The molecule has 4 rings (SSSR count). The highest BCUT2D eigenvalue weighted by molar-refractivity contribution is 7.99. The molecular weight excluding hydrogens is 322 g/mol. The zero-order valence-electron chi connectivity index (χ0n) is 13.5. The van der Waals surface area contributed by atoms with Gasteiger partial charge in [0.15, 0.2) is 6.10 Å². The standard InChI is InChI=1S/C18H21N3O2S/c22-18(16-13-24-17-8-2-1-7-15(17)23-16)21-11-4-3-6-14(21)12-20-10-5-9-19-20/h1-2,5,7-10,14,16H,3-4,6,11-13H2/t14-,16+/m1/s1. The van der Waals surface area contributed by atoms with Gasteiger partial charge in [-0.15, -0.1) is 11.8 Å². The average molecular weight is 343 g/mol. The molecule has 2 aliphatic rings. The summed E-state index contributed by atoms with van der Waals surface area (Å²) >= 11 is 1.71. The molecule has 126 valence electrons. The number of nitrogens with zero attached hydrogens (tertiary/aromatic N) is 3. The second-order valence-electron chi connectivity index (χ2n) is 6.27. The number of aromatic nitrogens is 2. The maximum absolute atomic E-state index is 13.1. The number of ether oxygens (including phenoxy) is 1. The Morgan fingerprint density at radius 2 is 2.21 bits per heavy atom. The summed E-state index contributed by atoms with van der Waals surface area (Å²) in [5.41, 5.74) is 0. The SMILES string of the molecule is O=C([C@@H]1CSc2ccccc2O1)N1CCCC[C@@H]1Cn1cccn1. The summed E-state index contributed by atoms with van der Waals surface area (Å²) in [5, 5.41) is 4.29. The van der Waals surface area contributed by atoms with Crippen LogP contribution in [-0.2, 0) is 11.3 Å². The van der Waals surface area contributed by atoms with Crippen molar-refractivity contribution in [2.45, 2.75) is 42.8 Å². The van der Waals surface area contributed by atoms with Gasteiger partial charge in [-0.1, -0.05) is 12.1 Å². The van der Waals surface area contributed by atoms with Gasteiger partial charge in [-0.3, -0.25) is 9.48 Å². The van der Waals surface area contributed by atoms with Crippen molar-refractivity contribution in [1.82, 2.24) is 14.7 Å². The summed E-state index contributed by atoms with van der Waals surface area (Å²) in [4.78, 5) is 16.2. The van der Waals surface area contributed by atoms with Crippen LogP contribution in [0.1, 0.15) is 19.3 Å². The minimum Gasteiger partial charge on any atom is -0.479 e. The van der Waals surface area contributed by atoms with Gasteiger partial charge < -0.3 is 9.64 Å². The Kier molecular flexibility index (Phi) is 4.47. The van der Waals surface area contributed by atoms with Crippen molar-refractivity contribution in [2.75, 3.05) is 12.3 Å². The lowest BCUT2D eigenvalue weighted by molar-refractivity contribution is -0.142. The first kappa shape index (κ1) is 15.6. The number of likely N-dealkylation sites (tertiary alicyclic amines) is 1. The monoisotopic (exact) mass is 343 g/mol. The van der Waals surface area contributed by atoms with Gasteiger partial charge in [0.1, 0.15) is 5.75 Å². The van der Waals surface area contributed by atoms with Crippen LogP contribution in [0.2, 0.25) is 0 Å². The van der Waals surface area contributed by atoms with Crippen LogP contribution in [0.25, 0.3) is 0 Å². The van der Waals surface area contributed by atoms with Crippen molar-refractivity contribution in [1.29, 1.82) is 0 Å². The van der Waals surface area contributed by atoms with Gasteiger partial charge in [0, 0.05) is 29.6 Å². The van der Waals surface area contributed by atoms with E-state index in [-0.39, 0.29) is 18.1 Å². The van der Waals surface area contributed by atoms with E-state index in [4.69, 9.17) is 4.74 Å². The van der Waals surface area contributed by atoms with Gasteiger partial charge in [-0.25, -0.2) is 0 Å². The molecule has 2 aliphatic heterocycles. The fourth-order valence-corrected chi connectivity index (χ4v) is 4.41. The molecule has 0 unspecified atom stereocenters. The van der Waals surface area contributed by atoms with Gasteiger partial charge in [-0.05, 0) is 37.5 Å². The van der Waals surface area contributed by atoms with Gasteiger partial charge in [0.05, 0.1) is 12.6 Å². The summed E-state index contributed by atoms with van der Waals surface area (Å²) in [6.45, 7) is 1.58. The third-order valence-corrected chi connectivity index (χ3v) is 5.77. The Labute approximate surface area is 146 Å². The van der Waals surface area contributed by atoms with Crippen LogP contribution < -0.4 is 4.74 Å². The zero-order chi connectivity index (χ0) is 16.4. The molecule has 3 heterocycles. The maximum atomic E-state index is 13.1. The van der Waals surface area contributed by atoms with E-state index in [0.717, 1.165) is 36.6 Å². The highest BCUT2D eigenvalue weighted by atomic mass is 32.2. The van der Waals surface area contributed by atoms with Crippen LogP contribution in [0, 0.1) is 0 Å². The number of amides is 1. The van der Waals surface area contributed by atoms with Crippen molar-refractivity contribution in [2.24, 2.45) is 0 Å². The molecule has 2 aromatic rings. The molecule has 5 nitrogen and oxygen atoms in total. The van der Waals surface area contributed by atoms with Crippen molar-refractivity contribution in [3.8, 4) is 5.75 Å². The molecule has 0 radical (unpaired) electrons. The fraction of sp³-hybridized carbons (Fsp3) is 0.444. The molecule has 0 bridgehead atoms. The number of benzene rings is 1. The topological polar surface area (TPSA) is 47.4 Å². The lowest BCUT2D eigenvalue weighted by Gasteiger charge is -2.38. The van der Waals surface area contributed by atoms with E-state index < -0.39 is 0 Å². The number of fused-ring (bicyclic) bond motifs is 1. The predicted octanol–water partition coefficient (Wildman–Crippen LogP) is 2.82. The van der Waals surface area contributed by atoms with Crippen molar-refractivity contribution >= 4 is 17.7 Å². The number of para-hydroxylation sites is 1. The van der Waals surface area contributed by atoms with E-state index in [1.54, 1.807) is 18.0 Å². The van der Waals surface area contributed by atoms with Crippen LogP contribution in [0.5, 0.6) is 5.75 Å². The second-order valence-corrected chi connectivity index (χ2v) is 7.34. The zero-order valence-corrected chi connectivity index (χ0v) is 14.3. The molecule has 6 heteroatoms. The molecule has 0 aliphatic carbocycles. The Morgan fingerprint density at radius 3 is 3.08 bits per heavy atom. The highest BCUT2D eigenvalue weighted by Crippen LogP contribution is 2.35. The summed E-state index contributed by atoms with van der Waals surface area (Å²) in [6.07, 6.45) is 6.62. The fourth-order valence-electron chi connectivity index (χ4n) is 3.43. The van der Waals surface area contributed by atoms with Crippen LogP contribution in [0.3, 0.4) is 0 Å². The third kappa shape index (κ3) is 3.15. The van der Waals surface area contributed by atoms with Crippen molar-refractivity contribution in [3.63, 3.8) is 0 Å². The second kappa shape index (κ2) is 6.89. The van der Waals surface area contributed by atoms with E-state index in [1.165, 1.54) is 6.42 Å². The molecule has 0 N–H and O–H groups in total. The molecule has 0 saturated carbocycles. The van der Waals surface area contributed by atoms with Crippen LogP contribution in [-0.4, -0.2) is 45.0 Å². The number of carbonyl (C=O) groups is 1. The normalized spacial score (nSPS) is 23.4. The van der Waals surface area contributed by atoms with Crippen LogP contribution in [0.15, 0.2) is 47.6 Å². The van der Waals surface area contributed by atoms with Crippen molar-refractivity contribution < 1.29 is 9.53 Å². The Bertz CT molecular complexity index is 704. The van der Waals surface area contributed by atoms with Crippen molar-refractivity contribution in [3.05, 3.63) is 42.7 Å². The summed E-state index contributed by atoms with van der Waals surface area (Å²) in [6, 6.07) is 10.1. The quantitative estimate of drug-likeness (QED) is 0.860. The molecular formula is C18H21N3O2S. The first-order valence-electron chi connectivity index (χ1n) is 8.47. The lowest BCUT2D eigenvalue weighted by atomic mass is 10.0. The molecule has 1 fully saturated rings. The van der Waals surface area contributed by atoms with Gasteiger partial charge in [0.25, 0.3) is 5.91 Å². The number of rotatable bonds is 3. The maximum Gasteiger partial charge on any atom is 0.264 e. The minimum absolute atomic E-state index is 0.119. The van der Waals surface area contributed by atoms with E-state index in [1.807, 2.05) is 46.1 Å². The molecule has 1 aromatic heterocycles. The van der Waals surface area contributed by atoms with Gasteiger partial charge >= 0.3 is 0 Å². The minimum atomic E-state index is -0.386. The van der Waals surface area contributed by atoms with E-state index in [9.17, 15) is 4.79 Å². The number of hydrogen-bond donors (Lipinski definition) is 0. The Balaban J connectivity index is 1.48. The molecule has 1 aromatic carbocycles. The number of carbonyl (C=O) groups excluding carboxylic acids is 1. The number of hydrogen-bond acceptors (Lipinski definition) is 4. The van der Waals surface area contributed by atoms with E-state index >= 15 is 0 Å². The van der Waals surface area contributed by atoms with Crippen LogP contribution >= 0.6 is 11.8 Å². The number of thioether (sulfide) groups is 1.